The van der Waals surface area contributed by atoms with Crippen LogP contribution in [0, 0.1) is 0 Å². The van der Waals surface area contributed by atoms with E-state index in [0.717, 1.165) is 32.7 Å². The first kappa shape index (κ1) is 14.9. The normalized spacial score (nSPS) is 13.4. The Hall–Kier alpha value is -0.120. The molecule has 0 aromatic rings. The van der Waals surface area contributed by atoms with Crippen LogP contribution in [0.25, 0.3) is 0 Å². The fraction of sp³-hybridized carbons (Fsp3) is 1.00. The summed E-state index contributed by atoms with van der Waals surface area (Å²) in [6.07, 6.45) is 2.34. The lowest BCUT2D eigenvalue weighted by Crippen LogP contribution is -2.38. The molecule has 1 N–H and O–H groups in total. The molecule has 15 heavy (non-hydrogen) atoms. The van der Waals surface area contributed by atoms with Crippen molar-refractivity contribution in [3.8, 4) is 0 Å². The van der Waals surface area contributed by atoms with Crippen LogP contribution in [0.4, 0.5) is 0 Å². The predicted molar refractivity (Wildman–Crippen MR) is 66.4 cm³/mol. The van der Waals surface area contributed by atoms with Gasteiger partial charge in [0, 0.05) is 25.8 Å². The molecule has 0 aliphatic carbocycles. The fourth-order valence-corrected chi connectivity index (χ4v) is 1.48. The number of likely N-dealkylation sites (N-methyl/N-ethyl adjacent to an activating group) is 1. The Morgan fingerprint density at radius 2 is 2.07 bits per heavy atom. The SMILES string of the molecule is CCCN(C)C(C)CNCCCOCC. The van der Waals surface area contributed by atoms with Crippen molar-refractivity contribution in [1.29, 1.82) is 0 Å². The molecular formula is C12H28N2O. The van der Waals surface area contributed by atoms with Gasteiger partial charge >= 0.3 is 0 Å². The van der Waals surface area contributed by atoms with Gasteiger partial charge < -0.3 is 15.0 Å². The molecule has 92 valence electrons. The van der Waals surface area contributed by atoms with Gasteiger partial charge in [0.1, 0.15) is 0 Å². The summed E-state index contributed by atoms with van der Waals surface area (Å²) in [7, 11) is 2.19. The van der Waals surface area contributed by atoms with Gasteiger partial charge in [-0.25, -0.2) is 0 Å². The maximum Gasteiger partial charge on any atom is 0.0477 e. The second kappa shape index (κ2) is 10.4. The lowest BCUT2D eigenvalue weighted by Gasteiger charge is -2.24. The van der Waals surface area contributed by atoms with E-state index in [1.807, 2.05) is 6.92 Å². The summed E-state index contributed by atoms with van der Waals surface area (Å²) < 4.78 is 5.28. The Bertz CT molecular complexity index is 131. The highest BCUT2D eigenvalue weighted by Crippen LogP contribution is 1.95. The summed E-state index contributed by atoms with van der Waals surface area (Å²) in [6.45, 7) is 11.5. The van der Waals surface area contributed by atoms with Crippen LogP contribution in [0.3, 0.4) is 0 Å². The van der Waals surface area contributed by atoms with Crippen molar-refractivity contribution >= 4 is 0 Å². The molecule has 0 rings (SSSR count). The second-order valence-corrected chi connectivity index (χ2v) is 4.08. The molecule has 0 aliphatic heterocycles. The molecule has 0 bridgehead atoms. The first-order chi connectivity index (χ1) is 7.22. The van der Waals surface area contributed by atoms with Gasteiger partial charge in [0.15, 0.2) is 0 Å². The van der Waals surface area contributed by atoms with Gasteiger partial charge in [-0.05, 0) is 46.8 Å². The highest BCUT2D eigenvalue weighted by Gasteiger charge is 2.06. The summed E-state index contributed by atoms with van der Waals surface area (Å²) >= 11 is 0. The molecular weight excluding hydrogens is 188 g/mol. The third-order valence-corrected chi connectivity index (χ3v) is 2.61. The highest BCUT2D eigenvalue weighted by atomic mass is 16.5. The van der Waals surface area contributed by atoms with E-state index in [9.17, 15) is 0 Å². The lowest BCUT2D eigenvalue weighted by molar-refractivity contribution is 0.144. The molecule has 0 aromatic carbocycles. The van der Waals surface area contributed by atoms with E-state index in [-0.39, 0.29) is 0 Å². The van der Waals surface area contributed by atoms with Gasteiger partial charge in [-0.15, -0.1) is 0 Å². The Morgan fingerprint density at radius 3 is 2.67 bits per heavy atom. The minimum absolute atomic E-state index is 0.622. The smallest absolute Gasteiger partial charge is 0.0477 e. The average Bonchev–Trinajstić information content (AvgIpc) is 2.23. The van der Waals surface area contributed by atoms with Crippen molar-refractivity contribution in [2.75, 3.05) is 39.9 Å². The predicted octanol–water partition coefficient (Wildman–Crippen LogP) is 1.73. The number of hydrogen-bond donors (Lipinski definition) is 1. The quantitative estimate of drug-likeness (QED) is 0.563. The van der Waals surface area contributed by atoms with Crippen LogP contribution in [0.5, 0.6) is 0 Å². The van der Waals surface area contributed by atoms with Crippen LogP contribution in [0.1, 0.15) is 33.6 Å². The van der Waals surface area contributed by atoms with E-state index < -0.39 is 0 Å². The van der Waals surface area contributed by atoms with E-state index in [4.69, 9.17) is 4.74 Å². The van der Waals surface area contributed by atoms with E-state index in [2.05, 4.69) is 31.1 Å². The largest absolute Gasteiger partial charge is 0.382 e. The van der Waals surface area contributed by atoms with Crippen molar-refractivity contribution in [1.82, 2.24) is 10.2 Å². The summed E-state index contributed by atoms with van der Waals surface area (Å²) in [5.74, 6) is 0. The molecule has 0 saturated heterocycles. The molecule has 0 saturated carbocycles. The van der Waals surface area contributed by atoms with Gasteiger partial charge in [-0.1, -0.05) is 6.92 Å². The van der Waals surface area contributed by atoms with Crippen LogP contribution < -0.4 is 5.32 Å². The molecule has 1 atom stereocenters. The highest BCUT2D eigenvalue weighted by molar-refractivity contribution is 4.65. The van der Waals surface area contributed by atoms with E-state index in [0.29, 0.717) is 6.04 Å². The molecule has 0 radical (unpaired) electrons. The first-order valence-corrected chi connectivity index (χ1v) is 6.21. The van der Waals surface area contributed by atoms with E-state index in [1.54, 1.807) is 0 Å². The van der Waals surface area contributed by atoms with Crippen molar-refractivity contribution in [2.45, 2.75) is 39.7 Å². The number of rotatable bonds is 10. The molecule has 1 unspecified atom stereocenters. The average molecular weight is 216 g/mol. The zero-order valence-corrected chi connectivity index (χ0v) is 10.9. The van der Waals surface area contributed by atoms with Crippen molar-refractivity contribution < 1.29 is 4.74 Å². The standard InChI is InChI=1S/C12H28N2O/c1-5-9-14(4)12(3)11-13-8-7-10-15-6-2/h12-13H,5-11H2,1-4H3. The van der Waals surface area contributed by atoms with Crippen molar-refractivity contribution in [2.24, 2.45) is 0 Å². The zero-order valence-electron chi connectivity index (χ0n) is 10.9. The van der Waals surface area contributed by atoms with Crippen LogP contribution in [0.2, 0.25) is 0 Å². The number of nitrogens with zero attached hydrogens (tertiary/aromatic N) is 1. The molecule has 0 aromatic heterocycles. The number of nitrogens with one attached hydrogen (secondary N) is 1. The Morgan fingerprint density at radius 1 is 1.33 bits per heavy atom. The molecule has 3 heteroatoms. The van der Waals surface area contributed by atoms with Crippen LogP contribution in [0.15, 0.2) is 0 Å². The van der Waals surface area contributed by atoms with Gasteiger partial charge in [-0.2, -0.15) is 0 Å². The molecule has 3 nitrogen and oxygen atoms in total. The summed E-state index contributed by atoms with van der Waals surface area (Å²) in [4.78, 5) is 2.40. The van der Waals surface area contributed by atoms with Crippen LogP contribution in [-0.4, -0.2) is 50.8 Å². The van der Waals surface area contributed by atoms with Crippen LogP contribution >= 0.6 is 0 Å². The van der Waals surface area contributed by atoms with Gasteiger partial charge in [0.05, 0.1) is 0 Å². The summed E-state index contributed by atoms with van der Waals surface area (Å²) in [6, 6.07) is 0.622. The van der Waals surface area contributed by atoms with Gasteiger partial charge in [0.2, 0.25) is 0 Å². The van der Waals surface area contributed by atoms with Gasteiger partial charge in [-0.3, -0.25) is 0 Å². The Labute approximate surface area is 95.2 Å². The van der Waals surface area contributed by atoms with E-state index in [1.165, 1.54) is 13.0 Å². The third kappa shape index (κ3) is 8.85. The lowest BCUT2D eigenvalue weighted by atomic mass is 10.2. The van der Waals surface area contributed by atoms with Crippen LogP contribution in [-0.2, 0) is 4.74 Å². The topological polar surface area (TPSA) is 24.5 Å². The minimum Gasteiger partial charge on any atom is -0.382 e. The maximum atomic E-state index is 5.28. The first-order valence-electron chi connectivity index (χ1n) is 6.21. The summed E-state index contributed by atoms with van der Waals surface area (Å²) in [5, 5.41) is 3.46. The number of hydrogen-bond acceptors (Lipinski definition) is 3. The molecule has 0 heterocycles. The van der Waals surface area contributed by atoms with Crippen molar-refractivity contribution in [3.05, 3.63) is 0 Å². The van der Waals surface area contributed by atoms with Gasteiger partial charge in [0.25, 0.3) is 0 Å². The Balaban J connectivity index is 3.26. The zero-order chi connectivity index (χ0) is 11.5. The maximum absolute atomic E-state index is 5.28. The fourth-order valence-electron chi connectivity index (χ4n) is 1.48. The molecule has 0 fully saturated rings. The summed E-state index contributed by atoms with van der Waals surface area (Å²) in [5.41, 5.74) is 0. The second-order valence-electron chi connectivity index (χ2n) is 4.08. The monoisotopic (exact) mass is 216 g/mol. The van der Waals surface area contributed by atoms with E-state index >= 15 is 0 Å². The molecule has 0 spiro atoms. The molecule has 0 aliphatic rings. The Kier molecular flexibility index (Phi) is 10.3. The number of ether oxygens (including phenoxy) is 1. The third-order valence-electron chi connectivity index (χ3n) is 2.61. The molecule has 0 amide bonds. The van der Waals surface area contributed by atoms with Crippen molar-refractivity contribution in [3.63, 3.8) is 0 Å². The minimum atomic E-state index is 0.622.